The highest BCUT2D eigenvalue weighted by Crippen LogP contribution is 2.31. The third-order valence-corrected chi connectivity index (χ3v) is 3.05. The molecule has 0 aromatic carbocycles. The smallest absolute Gasteiger partial charge is 0.309 e. The number of carboxylic acid groups (broad SMARTS) is 1. The molecule has 0 bridgehead atoms. The van der Waals surface area contributed by atoms with E-state index in [4.69, 9.17) is 5.11 Å². The van der Waals surface area contributed by atoms with Crippen molar-refractivity contribution in [3.05, 3.63) is 0 Å². The molecule has 2 atom stereocenters. The Hall–Kier alpha value is -0.570. The van der Waals surface area contributed by atoms with E-state index < -0.39 is 18.0 Å². The van der Waals surface area contributed by atoms with Crippen LogP contribution in [0.3, 0.4) is 0 Å². The predicted molar refractivity (Wildman–Crippen MR) is 49.4 cm³/mol. The Balaban J connectivity index is 2.51. The van der Waals surface area contributed by atoms with Crippen LogP contribution in [0.2, 0.25) is 0 Å². The molecular weight excluding hydrogens is 168 g/mol. The summed E-state index contributed by atoms with van der Waals surface area (Å²) in [6.45, 7) is 1.82. The summed E-state index contributed by atoms with van der Waals surface area (Å²) in [6.07, 6.45) is 4.14. The van der Waals surface area contributed by atoms with E-state index in [-0.39, 0.29) is 5.92 Å². The Kier molecular flexibility index (Phi) is 3.72. The van der Waals surface area contributed by atoms with Crippen LogP contribution in [0.15, 0.2) is 0 Å². The fraction of sp³-hybridized carbons (Fsp3) is 0.900. The van der Waals surface area contributed by atoms with Crippen molar-refractivity contribution in [2.45, 2.75) is 45.1 Å². The summed E-state index contributed by atoms with van der Waals surface area (Å²) in [4.78, 5) is 10.8. The van der Waals surface area contributed by atoms with Crippen molar-refractivity contribution in [1.82, 2.24) is 0 Å². The van der Waals surface area contributed by atoms with Crippen molar-refractivity contribution >= 4 is 5.97 Å². The van der Waals surface area contributed by atoms with Crippen LogP contribution in [0.1, 0.15) is 39.0 Å². The molecule has 1 fully saturated rings. The van der Waals surface area contributed by atoms with Gasteiger partial charge < -0.3 is 10.2 Å². The van der Waals surface area contributed by atoms with Crippen molar-refractivity contribution in [1.29, 1.82) is 0 Å². The van der Waals surface area contributed by atoms with Crippen molar-refractivity contribution < 1.29 is 15.0 Å². The lowest BCUT2D eigenvalue weighted by Gasteiger charge is -2.23. The Morgan fingerprint density at radius 3 is 2.38 bits per heavy atom. The number of rotatable bonds is 4. The van der Waals surface area contributed by atoms with E-state index in [1.54, 1.807) is 0 Å². The molecule has 1 rings (SSSR count). The molecule has 0 heterocycles. The van der Waals surface area contributed by atoms with Gasteiger partial charge in [0, 0.05) is 0 Å². The quantitative estimate of drug-likeness (QED) is 0.701. The average molecular weight is 186 g/mol. The minimum atomic E-state index is -0.859. The van der Waals surface area contributed by atoms with Gasteiger partial charge in [-0.1, -0.05) is 19.8 Å². The maximum absolute atomic E-state index is 10.8. The summed E-state index contributed by atoms with van der Waals surface area (Å²) in [5, 5.41) is 18.6. The third kappa shape index (κ3) is 2.44. The second-order valence-corrected chi connectivity index (χ2v) is 3.89. The van der Waals surface area contributed by atoms with Gasteiger partial charge in [0.25, 0.3) is 0 Å². The fourth-order valence-electron chi connectivity index (χ4n) is 2.19. The normalized spacial score (nSPS) is 22.9. The molecule has 3 nitrogen and oxygen atoms in total. The summed E-state index contributed by atoms with van der Waals surface area (Å²) in [5.74, 6) is -1.20. The molecule has 0 saturated heterocycles. The second kappa shape index (κ2) is 4.61. The lowest BCUT2D eigenvalue weighted by molar-refractivity contribution is -0.147. The van der Waals surface area contributed by atoms with Gasteiger partial charge in [-0.05, 0) is 25.2 Å². The van der Waals surface area contributed by atoms with E-state index >= 15 is 0 Å². The zero-order valence-electron chi connectivity index (χ0n) is 8.07. The highest BCUT2D eigenvalue weighted by molar-refractivity contribution is 5.70. The number of aliphatic hydroxyl groups excluding tert-OH is 1. The lowest BCUT2D eigenvalue weighted by Crippen LogP contribution is -2.32. The molecule has 1 saturated carbocycles. The van der Waals surface area contributed by atoms with Crippen LogP contribution in [-0.4, -0.2) is 22.3 Å². The monoisotopic (exact) mass is 186 g/mol. The standard InChI is InChI=1S/C10H18O3/c1-2-8(10(12)13)9(11)7-5-3-4-6-7/h7-9,11H,2-6H2,1H3,(H,12,13). The molecule has 0 aliphatic heterocycles. The summed E-state index contributed by atoms with van der Waals surface area (Å²) in [6, 6.07) is 0. The van der Waals surface area contributed by atoms with Gasteiger partial charge in [0.1, 0.15) is 0 Å². The molecule has 2 N–H and O–H groups in total. The van der Waals surface area contributed by atoms with Gasteiger partial charge >= 0.3 is 5.97 Å². The first-order chi connectivity index (χ1) is 6.16. The Morgan fingerprint density at radius 2 is 2.00 bits per heavy atom. The van der Waals surface area contributed by atoms with E-state index in [9.17, 15) is 9.90 Å². The summed E-state index contributed by atoms with van der Waals surface area (Å²) in [5.41, 5.74) is 0. The topological polar surface area (TPSA) is 57.5 Å². The summed E-state index contributed by atoms with van der Waals surface area (Å²) in [7, 11) is 0. The number of hydrogen-bond donors (Lipinski definition) is 2. The van der Waals surface area contributed by atoms with Crippen molar-refractivity contribution in [2.75, 3.05) is 0 Å². The van der Waals surface area contributed by atoms with Gasteiger partial charge in [-0.25, -0.2) is 0 Å². The molecule has 0 spiro atoms. The number of carbonyl (C=O) groups is 1. The molecule has 0 aromatic heterocycles. The molecule has 1 aliphatic rings. The molecule has 3 heteroatoms. The van der Waals surface area contributed by atoms with Gasteiger partial charge in [-0.3, -0.25) is 4.79 Å². The van der Waals surface area contributed by atoms with Crippen LogP contribution in [0.5, 0.6) is 0 Å². The van der Waals surface area contributed by atoms with Gasteiger partial charge in [-0.15, -0.1) is 0 Å². The predicted octanol–water partition coefficient (Wildman–Crippen LogP) is 1.65. The van der Waals surface area contributed by atoms with Crippen LogP contribution < -0.4 is 0 Å². The average Bonchev–Trinajstić information content (AvgIpc) is 2.56. The molecule has 0 radical (unpaired) electrons. The van der Waals surface area contributed by atoms with Gasteiger partial charge in [0.15, 0.2) is 0 Å². The van der Waals surface area contributed by atoms with E-state index in [0.29, 0.717) is 6.42 Å². The van der Waals surface area contributed by atoms with Gasteiger partial charge in [0.05, 0.1) is 12.0 Å². The van der Waals surface area contributed by atoms with Crippen LogP contribution in [-0.2, 0) is 4.79 Å². The zero-order valence-corrected chi connectivity index (χ0v) is 8.07. The Bertz CT molecular complexity index is 173. The van der Waals surface area contributed by atoms with E-state index in [0.717, 1.165) is 25.7 Å². The largest absolute Gasteiger partial charge is 0.481 e. The molecule has 76 valence electrons. The molecule has 0 aromatic rings. The minimum Gasteiger partial charge on any atom is -0.481 e. The Morgan fingerprint density at radius 1 is 1.46 bits per heavy atom. The van der Waals surface area contributed by atoms with Gasteiger partial charge in [0.2, 0.25) is 0 Å². The van der Waals surface area contributed by atoms with Crippen LogP contribution in [0, 0.1) is 11.8 Å². The number of aliphatic carboxylic acids is 1. The maximum atomic E-state index is 10.8. The first-order valence-corrected chi connectivity index (χ1v) is 5.07. The first-order valence-electron chi connectivity index (χ1n) is 5.07. The number of aliphatic hydroxyl groups is 1. The second-order valence-electron chi connectivity index (χ2n) is 3.89. The van der Waals surface area contributed by atoms with E-state index in [1.807, 2.05) is 6.92 Å². The Labute approximate surface area is 78.8 Å². The number of carboxylic acids is 1. The first kappa shape index (κ1) is 10.5. The third-order valence-electron chi connectivity index (χ3n) is 3.05. The van der Waals surface area contributed by atoms with Crippen molar-refractivity contribution in [2.24, 2.45) is 11.8 Å². The molecular formula is C10H18O3. The highest BCUT2D eigenvalue weighted by atomic mass is 16.4. The maximum Gasteiger partial charge on any atom is 0.309 e. The SMILES string of the molecule is CCC(C(=O)O)C(O)C1CCCC1. The van der Waals surface area contributed by atoms with Crippen molar-refractivity contribution in [3.8, 4) is 0 Å². The van der Waals surface area contributed by atoms with Crippen LogP contribution in [0.4, 0.5) is 0 Å². The molecule has 1 aliphatic carbocycles. The lowest BCUT2D eigenvalue weighted by atomic mass is 9.88. The number of hydrogen-bond acceptors (Lipinski definition) is 2. The zero-order chi connectivity index (χ0) is 9.84. The van der Waals surface area contributed by atoms with E-state index in [2.05, 4.69) is 0 Å². The van der Waals surface area contributed by atoms with Crippen molar-refractivity contribution in [3.63, 3.8) is 0 Å². The van der Waals surface area contributed by atoms with Crippen LogP contribution in [0.25, 0.3) is 0 Å². The molecule has 13 heavy (non-hydrogen) atoms. The molecule has 0 amide bonds. The summed E-state index contributed by atoms with van der Waals surface area (Å²) >= 11 is 0. The van der Waals surface area contributed by atoms with E-state index in [1.165, 1.54) is 0 Å². The van der Waals surface area contributed by atoms with Gasteiger partial charge in [-0.2, -0.15) is 0 Å². The fourth-order valence-corrected chi connectivity index (χ4v) is 2.19. The molecule has 2 unspecified atom stereocenters. The van der Waals surface area contributed by atoms with Crippen LogP contribution >= 0.6 is 0 Å². The summed E-state index contributed by atoms with van der Waals surface area (Å²) < 4.78 is 0. The highest BCUT2D eigenvalue weighted by Gasteiger charge is 2.32. The minimum absolute atomic E-state index is 0.223.